The van der Waals surface area contributed by atoms with Crippen molar-refractivity contribution in [3.05, 3.63) is 35.7 Å². The van der Waals surface area contributed by atoms with Gasteiger partial charge in [0.2, 0.25) is 0 Å². The molecule has 0 spiro atoms. The largest absolute Gasteiger partial charge is 0.334 e. The van der Waals surface area contributed by atoms with E-state index in [1.54, 1.807) is 0 Å². The lowest BCUT2D eigenvalue weighted by atomic mass is 10.2. The standard InChI is InChI=1S/C13H14F2N4O/c1-19-5-4-16-7-11(19)12-17-13(20-18-12)8-2-3-9(14)10(15)6-8/h2-3,6,11,16H,4-5,7H2,1H3. The van der Waals surface area contributed by atoms with Gasteiger partial charge in [0.05, 0.1) is 6.04 Å². The van der Waals surface area contributed by atoms with Gasteiger partial charge in [0.15, 0.2) is 17.5 Å². The van der Waals surface area contributed by atoms with Crippen molar-refractivity contribution >= 4 is 0 Å². The van der Waals surface area contributed by atoms with E-state index in [0.717, 1.165) is 31.8 Å². The van der Waals surface area contributed by atoms with E-state index in [1.165, 1.54) is 6.07 Å². The average molecular weight is 280 g/mol. The minimum Gasteiger partial charge on any atom is -0.334 e. The SMILES string of the molecule is CN1CCNCC1c1noc(-c2ccc(F)c(F)c2)n1. The molecule has 2 heterocycles. The molecule has 1 aliphatic rings. The van der Waals surface area contributed by atoms with Crippen molar-refractivity contribution in [3.63, 3.8) is 0 Å². The van der Waals surface area contributed by atoms with E-state index in [-0.39, 0.29) is 11.9 Å². The molecule has 2 aromatic rings. The van der Waals surface area contributed by atoms with Crippen LogP contribution in [0.4, 0.5) is 8.78 Å². The maximum Gasteiger partial charge on any atom is 0.258 e. The van der Waals surface area contributed by atoms with Crippen LogP contribution in [0.2, 0.25) is 0 Å². The van der Waals surface area contributed by atoms with Gasteiger partial charge in [-0.25, -0.2) is 8.78 Å². The minimum absolute atomic E-state index is 0.0199. The fourth-order valence-electron chi connectivity index (χ4n) is 2.21. The molecule has 1 aromatic heterocycles. The van der Waals surface area contributed by atoms with Crippen LogP contribution in [-0.4, -0.2) is 41.7 Å². The molecular weight excluding hydrogens is 266 g/mol. The van der Waals surface area contributed by atoms with Crippen LogP contribution in [-0.2, 0) is 0 Å². The third-order valence-electron chi connectivity index (χ3n) is 3.42. The molecular formula is C13H14F2N4O. The number of rotatable bonds is 2. The smallest absolute Gasteiger partial charge is 0.258 e. The van der Waals surface area contributed by atoms with E-state index in [0.29, 0.717) is 11.4 Å². The number of hydrogen-bond acceptors (Lipinski definition) is 5. The molecule has 1 saturated heterocycles. The molecule has 0 aliphatic carbocycles. The number of aromatic nitrogens is 2. The molecule has 1 N–H and O–H groups in total. The molecule has 7 heteroatoms. The summed E-state index contributed by atoms with van der Waals surface area (Å²) in [5.74, 6) is -1.10. The molecule has 0 radical (unpaired) electrons. The summed E-state index contributed by atoms with van der Waals surface area (Å²) in [4.78, 5) is 6.40. The first-order chi connectivity index (χ1) is 9.65. The summed E-state index contributed by atoms with van der Waals surface area (Å²) in [7, 11) is 1.99. The Morgan fingerprint density at radius 1 is 1.35 bits per heavy atom. The molecule has 1 fully saturated rings. The zero-order valence-electron chi connectivity index (χ0n) is 10.9. The van der Waals surface area contributed by atoms with Gasteiger partial charge in [-0.1, -0.05) is 5.16 Å². The highest BCUT2D eigenvalue weighted by molar-refractivity contribution is 5.52. The van der Waals surface area contributed by atoms with Gasteiger partial charge in [-0.15, -0.1) is 0 Å². The van der Waals surface area contributed by atoms with Gasteiger partial charge < -0.3 is 9.84 Å². The molecule has 5 nitrogen and oxygen atoms in total. The Kier molecular flexibility index (Phi) is 3.45. The van der Waals surface area contributed by atoms with Crippen LogP contribution in [0.5, 0.6) is 0 Å². The highest BCUT2D eigenvalue weighted by atomic mass is 19.2. The predicted molar refractivity (Wildman–Crippen MR) is 67.9 cm³/mol. The van der Waals surface area contributed by atoms with Crippen molar-refractivity contribution in [2.45, 2.75) is 6.04 Å². The summed E-state index contributed by atoms with van der Waals surface area (Å²) in [5, 5.41) is 7.19. The molecule has 0 amide bonds. The van der Waals surface area contributed by atoms with Crippen molar-refractivity contribution in [2.24, 2.45) is 0 Å². The fourth-order valence-corrected chi connectivity index (χ4v) is 2.21. The molecule has 1 unspecified atom stereocenters. The lowest BCUT2D eigenvalue weighted by molar-refractivity contribution is 0.190. The number of halogens is 2. The lowest BCUT2D eigenvalue weighted by Crippen LogP contribution is -2.44. The van der Waals surface area contributed by atoms with E-state index in [2.05, 4.69) is 20.4 Å². The van der Waals surface area contributed by atoms with Gasteiger partial charge in [-0.05, 0) is 25.2 Å². The second-order valence-electron chi connectivity index (χ2n) is 4.79. The van der Waals surface area contributed by atoms with E-state index in [1.807, 2.05) is 7.05 Å². The summed E-state index contributed by atoms with van der Waals surface area (Å²) in [5.41, 5.74) is 0.370. The van der Waals surface area contributed by atoms with Crippen LogP contribution in [0.25, 0.3) is 11.5 Å². The monoisotopic (exact) mass is 280 g/mol. The van der Waals surface area contributed by atoms with Gasteiger partial charge in [-0.3, -0.25) is 4.90 Å². The third-order valence-corrected chi connectivity index (χ3v) is 3.42. The maximum atomic E-state index is 13.2. The molecule has 0 saturated carbocycles. The topological polar surface area (TPSA) is 54.2 Å². The Bertz CT molecular complexity index is 616. The number of hydrogen-bond donors (Lipinski definition) is 1. The van der Waals surface area contributed by atoms with Crippen LogP contribution in [0, 0.1) is 11.6 Å². The lowest BCUT2D eigenvalue weighted by Gasteiger charge is -2.30. The summed E-state index contributed by atoms with van der Waals surface area (Å²) in [6.07, 6.45) is 0. The number of piperazine rings is 1. The van der Waals surface area contributed by atoms with Crippen molar-refractivity contribution < 1.29 is 13.3 Å². The average Bonchev–Trinajstić information content (AvgIpc) is 2.92. The van der Waals surface area contributed by atoms with E-state index in [4.69, 9.17) is 4.52 Å². The molecule has 1 atom stereocenters. The normalized spacial score (nSPS) is 20.2. The summed E-state index contributed by atoms with van der Waals surface area (Å²) in [6, 6.07) is 3.53. The van der Waals surface area contributed by atoms with Crippen LogP contribution in [0.3, 0.4) is 0 Å². The maximum absolute atomic E-state index is 13.2. The Balaban J connectivity index is 1.87. The zero-order chi connectivity index (χ0) is 14.1. The second-order valence-corrected chi connectivity index (χ2v) is 4.79. The van der Waals surface area contributed by atoms with Crippen molar-refractivity contribution in [3.8, 4) is 11.5 Å². The molecule has 1 aliphatic heterocycles. The molecule has 0 bridgehead atoms. The third kappa shape index (κ3) is 2.41. The summed E-state index contributed by atoms with van der Waals surface area (Å²) in [6.45, 7) is 2.54. The highest BCUT2D eigenvalue weighted by Gasteiger charge is 2.25. The first kappa shape index (κ1) is 13.1. The number of nitrogens with zero attached hydrogens (tertiary/aromatic N) is 3. The Morgan fingerprint density at radius 3 is 2.95 bits per heavy atom. The number of benzene rings is 1. The molecule has 106 valence electrons. The van der Waals surface area contributed by atoms with Crippen molar-refractivity contribution in [1.29, 1.82) is 0 Å². The zero-order valence-corrected chi connectivity index (χ0v) is 10.9. The van der Waals surface area contributed by atoms with E-state index >= 15 is 0 Å². The Hall–Kier alpha value is -1.86. The van der Waals surface area contributed by atoms with Crippen LogP contribution in [0.1, 0.15) is 11.9 Å². The first-order valence-electron chi connectivity index (χ1n) is 6.35. The predicted octanol–water partition coefficient (Wildman–Crippen LogP) is 1.59. The Labute approximate surface area is 114 Å². The quantitative estimate of drug-likeness (QED) is 0.905. The van der Waals surface area contributed by atoms with Gasteiger partial charge >= 0.3 is 0 Å². The van der Waals surface area contributed by atoms with E-state index in [9.17, 15) is 8.78 Å². The molecule has 1 aromatic carbocycles. The molecule has 20 heavy (non-hydrogen) atoms. The van der Waals surface area contributed by atoms with Crippen LogP contribution >= 0.6 is 0 Å². The van der Waals surface area contributed by atoms with Gasteiger partial charge in [0, 0.05) is 25.2 Å². The first-order valence-corrected chi connectivity index (χ1v) is 6.35. The van der Waals surface area contributed by atoms with Crippen LogP contribution in [0.15, 0.2) is 22.7 Å². The number of nitrogens with one attached hydrogen (secondary N) is 1. The van der Waals surface area contributed by atoms with Gasteiger partial charge in [0.25, 0.3) is 5.89 Å². The highest BCUT2D eigenvalue weighted by Crippen LogP contribution is 2.23. The fraction of sp³-hybridized carbons (Fsp3) is 0.385. The van der Waals surface area contributed by atoms with E-state index < -0.39 is 11.6 Å². The van der Waals surface area contributed by atoms with Crippen LogP contribution < -0.4 is 5.32 Å². The summed E-state index contributed by atoms with van der Waals surface area (Å²) >= 11 is 0. The number of likely N-dealkylation sites (N-methyl/N-ethyl adjacent to an activating group) is 1. The summed E-state index contributed by atoms with van der Waals surface area (Å²) < 4.78 is 31.3. The Morgan fingerprint density at radius 2 is 2.20 bits per heavy atom. The second kappa shape index (κ2) is 5.26. The van der Waals surface area contributed by atoms with Gasteiger partial charge in [0.1, 0.15) is 0 Å². The van der Waals surface area contributed by atoms with Gasteiger partial charge in [-0.2, -0.15) is 4.98 Å². The molecule has 3 rings (SSSR count). The minimum atomic E-state index is -0.932. The van der Waals surface area contributed by atoms with Crippen molar-refractivity contribution in [2.75, 3.05) is 26.7 Å². The van der Waals surface area contributed by atoms with Crippen molar-refractivity contribution in [1.82, 2.24) is 20.4 Å².